The maximum absolute atomic E-state index is 15.5. The van der Waals surface area contributed by atoms with Crippen LogP contribution in [-0.2, 0) is 31.7 Å². The van der Waals surface area contributed by atoms with Gasteiger partial charge in [0.05, 0.1) is 39.2 Å². The lowest BCUT2D eigenvalue weighted by atomic mass is 9.80. The Hall–Kier alpha value is -4.24. The van der Waals surface area contributed by atoms with Crippen LogP contribution in [0.1, 0.15) is 36.0 Å². The standard InChI is InChI=1S/C35H41FN4O8S/c1-37(2)33(42)29-18-24(41)21-39(29)35(27-16-22(8-12-30(27)47-4)20-38-14-6-7-15-38)26-17-23(36)9-11-28(26)40(34(35)43)49(44,45)32-13-10-25(46-3)19-31(32)48-5/h8-13,16-17,19,24,29,41H,6-7,14-15,18,20-21H2,1-5H3/t24-,29+,35?/m1/s1. The van der Waals surface area contributed by atoms with Crippen LogP contribution < -0.4 is 18.5 Å². The molecule has 1 unspecified atom stereocenters. The number of aliphatic hydroxyl groups excluding tert-OH is 1. The van der Waals surface area contributed by atoms with E-state index in [1.54, 1.807) is 26.2 Å². The van der Waals surface area contributed by atoms with Gasteiger partial charge in [-0.2, -0.15) is 0 Å². The van der Waals surface area contributed by atoms with E-state index < -0.39 is 45.3 Å². The molecular formula is C35H41FN4O8S. The average Bonchev–Trinajstić information content (AvgIpc) is 3.80. The second-order valence-electron chi connectivity index (χ2n) is 12.8. The van der Waals surface area contributed by atoms with Gasteiger partial charge < -0.3 is 24.2 Å². The summed E-state index contributed by atoms with van der Waals surface area (Å²) in [6.45, 7) is 2.15. The van der Waals surface area contributed by atoms with E-state index in [0.717, 1.165) is 43.6 Å². The number of fused-ring (bicyclic) bond motifs is 1. The largest absolute Gasteiger partial charge is 0.497 e. The number of ether oxygens (including phenoxy) is 3. The molecule has 49 heavy (non-hydrogen) atoms. The fourth-order valence-corrected chi connectivity index (χ4v) is 9.02. The Balaban J connectivity index is 1.66. The maximum atomic E-state index is 15.5. The molecule has 262 valence electrons. The highest BCUT2D eigenvalue weighted by Crippen LogP contribution is 2.55. The lowest BCUT2D eigenvalue weighted by Crippen LogP contribution is -2.59. The zero-order valence-corrected chi connectivity index (χ0v) is 29.0. The van der Waals surface area contributed by atoms with Gasteiger partial charge in [-0.1, -0.05) is 6.07 Å². The number of sulfonamides is 1. The Bertz CT molecular complexity index is 1880. The minimum absolute atomic E-state index is 0.00386. The minimum atomic E-state index is -4.76. The fourth-order valence-electron chi connectivity index (χ4n) is 7.42. The maximum Gasteiger partial charge on any atom is 0.274 e. The van der Waals surface area contributed by atoms with Crippen LogP contribution in [0.15, 0.2) is 59.5 Å². The molecule has 3 heterocycles. The number of methoxy groups -OCH3 is 3. The minimum Gasteiger partial charge on any atom is -0.497 e. The summed E-state index contributed by atoms with van der Waals surface area (Å²) in [6, 6.07) is 11.8. The predicted octanol–water partition coefficient (Wildman–Crippen LogP) is 2.95. The van der Waals surface area contributed by atoms with Crippen LogP contribution in [0.4, 0.5) is 10.1 Å². The first-order chi connectivity index (χ1) is 23.4. The van der Waals surface area contributed by atoms with Crippen molar-refractivity contribution in [2.45, 2.75) is 48.4 Å². The SMILES string of the molecule is COc1ccc(S(=O)(=O)N2C(=O)C(c3cc(CN4CCCC4)ccc3OC)(N3C[C@H](O)C[C@H]3C(=O)N(C)C)c3cc(F)ccc32)c(OC)c1. The molecule has 2 saturated heterocycles. The van der Waals surface area contributed by atoms with Crippen molar-refractivity contribution in [2.75, 3.05) is 59.4 Å². The van der Waals surface area contributed by atoms with Gasteiger partial charge in [0.2, 0.25) is 5.91 Å². The van der Waals surface area contributed by atoms with Crippen molar-refractivity contribution in [3.8, 4) is 17.2 Å². The van der Waals surface area contributed by atoms with E-state index in [9.17, 15) is 18.3 Å². The molecule has 0 saturated carbocycles. The first-order valence-electron chi connectivity index (χ1n) is 16.1. The molecule has 0 radical (unpaired) electrons. The topological polar surface area (TPSA) is 129 Å². The Morgan fingerprint density at radius 3 is 2.33 bits per heavy atom. The van der Waals surface area contributed by atoms with Crippen molar-refractivity contribution >= 4 is 27.5 Å². The molecule has 0 spiro atoms. The highest BCUT2D eigenvalue weighted by atomic mass is 32.2. The first-order valence-corrected chi connectivity index (χ1v) is 17.5. The zero-order chi connectivity index (χ0) is 35.2. The second kappa shape index (κ2) is 13.2. The molecule has 1 N–H and O–H groups in total. The Morgan fingerprint density at radius 1 is 0.959 bits per heavy atom. The summed E-state index contributed by atoms with van der Waals surface area (Å²) in [4.78, 5) is 34.2. The Kier molecular flexibility index (Phi) is 9.35. The quantitative estimate of drug-likeness (QED) is 0.338. The summed E-state index contributed by atoms with van der Waals surface area (Å²) >= 11 is 0. The number of hydrogen-bond donors (Lipinski definition) is 1. The summed E-state index contributed by atoms with van der Waals surface area (Å²) in [5.41, 5.74) is -1.18. The first kappa shape index (κ1) is 34.6. The van der Waals surface area contributed by atoms with Crippen molar-refractivity contribution in [3.05, 3.63) is 77.1 Å². The molecule has 2 amide bonds. The van der Waals surface area contributed by atoms with Crippen LogP contribution in [0.3, 0.4) is 0 Å². The van der Waals surface area contributed by atoms with Gasteiger partial charge in [0.15, 0.2) is 5.54 Å². The molecule has 3 aliphatic rings. The molecule has 3 aromatic rings. The molecule has 3 aliphatic heterocycles. The van der Waals surface area contributed by atoms with Gasteiger partial charge in [-0.05, 0) is 80.4 Å². The number of rotatable bonds is 10. The fraction of sp³-hybridized carbons (Fsp3) is 0.429. The van der Waals surface area contributed by atoms with E-state index in [0.29, 0.717) is 16.6 Å². The third kappa shape index (κ3) is 5.69. The summed E-state index contributed by atoms with van der Waals surface area (Å²) in [5.74, 6) is -1.63. The van der Waals surface area contributed by atoms with Gasteiger partial charge in [-0.3, -0.25) is 19.4 Å². The van der Waals surface area contributed by atoms with E-state index in [2.05, 4.69) is 4.90 Å². The normalized spacial score (nSPS) is 22.8. The third-order valence-electron chi connectivity index (χ3n) is 9.64. The summed E-state index contributed by atoms with van der Waals surface area (Å²) < 4.78 is 62.2. The van der Waals surface area contributed by atoms with E-state index in [-0.39, 0.29) is 46.2 Å². The van der Waals surface area contributed by atoms with Crippen molar-refractivity contribution in [1.82, 2.24) is 14.7 Å². The molecule has 6 rings (SSSR count). The monoisotopic (exact) mass is 696 g/mol. The van der Waals surface area contributed by atoms with Gasteiger partial charge in [-0.25, -0.2) is 17.1 Å². The van der Waals surface area contributed by atoms with Crippen molar-refractivity contribution in [2.24, 2.45) is 0 Å². The Morgan fingerprint density at radius 2 is 1.67 bits per heavy atom. The van der Waals surface area contributed by atoms with Gasteiger partial charge in [-0.15, -0.1) is 0 Å². The number of likely N-dealkylation sites (tertiary alicyclic amines) is 2. The van der Waals surface area contributed by atoms with Crippen LogP contribution in [0.2, 0.25) is 0 Å². The number of β-amino-alcohol motifs (C(OH)–C–C–N with tert-alkyl or cyclic N) is 1. The second-order valence-corrected chi connectivity index (χ2v) is 14.5. The highest BCUT2D eigenvalue weighted by molar-refractivity contribution is 7.93. The van der Waals surface area contributed by atoms with E-state index in [4.69, 9.17) is 14.2 Å². The van der Waals surface area contributed by atoms with Gasteiger partial charge >= 0.3 is 0 Å². The molecule has 0 aliphatic carbocycles. The van der Waals surface area contributed by atoms with Gasteiger partial charge in [0.1, 0.15) is 28.0 Å². The summed E-state index contributed by atoms with van der Waals surface area (Å²) in [5, 5.41) is 11.1. The Labute approximate surface area is 285 Å². The number of hydrogen-bond acceptors (Lipinski definition) is 10. The van der Waals surface area contributed by atoms with Crippen molar-refractivity contribution in [1.29, 1.82) is 0 Å². The summed E-state index contributed by atoms with van der Waals surface area (Å²) in [6.07, 6.45) is 1.02. The lowest BCUT2D eigenvalue weighted by molar-refractivity contribution is -0.138. The van der Waals surface area contributed by atoms with Crippen LogP contribution in [0.5, 0.6) is 17.2 Å². The molecular weight excluding hydrogens is 655 g/mol. The van der Waals surface area contributed by atoms with Crippen LogP contribution >= 0.6 is 0 Å². The molecule has 0 aromatic heterocycles. The number of halogens is 1. The highest BCUT2D eigenvalue weighted by Gasteiger charge is 2.64. The predicted molar refractivity (Wildman–Crippen MR) is 179 cm³/mol. The van der Waals surface area contributed by atoms with E-state index in [1.165, 1.54) is 55.4 Å². The molecule has 3 aromatic carbocycles. The number of likely N-dealkylation sites (N-methyl/N-ethyl adjacent to an activating group) is 1. The van der Waals surface area contributed by atoms with Gasteiger partial charge in [0.25, 0.3) is 15.9 Å². The number of aliphatic hydroxyl groups is 1. The molecule has 0 bridgehead atoms. The van der Waals surface area contributed by atoms with E-state index >= 15 is 9.18 Å². The lowest BCUT2D eigenvalue weighted by Gasteiger charge is -2.42. The van der Waals surface area contributed by atoms with Gasteiger partial charge in [0, 0.05) is 44.4 Å². The number of carbonyl (C=O) groups excluding carboxylic acids is 2. The zero-order valence-electron chi connectivity index (χ0n) is 28.2. The van der Waals surface area contributed by atoms with Crippen molar-refractivity contribution in [3.63, 3.8) is 0 Å². The average molecular weight is 697 g/mol. The number of anilines is 1. The molecule has 3 atom stereocenters. The summed E-state index contributed by atoms with van der Waals surface area (Å²) in [7, 11) is 2.51. The smallest absolute Gasteiger partial charge is 0.274 e. The van der Waals surface area contributed by atoms with Crippen LogP contribution in [0, 0.1) is 5.82 Å². The number of benzene rings is 3. The molecule has 2 fully saturated rings. The number of nitrogens with zero attached hydrogens (tertiary/aromatic N) is 4. The third-order valence-corrected chi connectivity index (χ3v) is 11.4. The number of carbonyl (C=O) groups is 2. The van der Waals surface area contributed by atoms with Crippen LogP contribution in [0.25, 0.3) is 0 Å². The van der Waals surface area contributed by atoms with E-state index in [1.807, 2.05) is 6.07 Å². The van der Waals surface area contributed by atoms with Crippen molar-refractivity contribution < 1.29 is 41.7 Å². The number of amides is 2. The van der Waals surface area contributed by atoms with Crippen LogP contribution in [-0.4, -0.2) is 107 Å². The molecule has 12 nitrogen and oxygen atoms in total. The molecule has 14 heteroatoms.